The summed E-state index contributed by atoms with van der Waals surface area (Å²) < 4.78 is 1.89. The van der Waals surface area contributed by atoms with Gasteiger partial charge >= 0.3 is 0 Å². The summed E-state index contributed by atoms with van der Waals surface area (Å²) in [7, 11) is 0. The smallest absolute Gasteiger partial charge is 0.0829 e. The molecule has 1 aliphatic carbocycles. The maximum absolute atomic E-state index is 4.08. The van der Waals surface area contributed by atoms with E-state index < -0.39 is 0 Å². The average molecular weight is 151 g/mol. The molecule has 0 amide bonds. The fourth-order valence-corrected chi connectivity index (χ4v) is 1.20. The van der Waals surface area contributed by atoms with Gasteiger partial charge in [-0.2, -0.15) is 0 Å². The molecule has 3 nitrogen and oxygen atoms in total. The van der Waals surface area contributed by atoms with E-state index in [2.05, 4.69) is 23.4 Å². The minimum Gasteiger partial charge on any atom is -0.253 e. The summed E-state index contributed by atoms with van der Waals surface area (Å²) in [6.45, 7) is 3.01. The molecule has 0 N–H and O–H groups in total. The van der Waals surface area contributed by atoms with Crippen LogP contribution in [-0.4, -0.2) is 15.0 Å². The Kier molecular flexibility index (Phi) is 1.64. The highest BCUT2D eigenvalue weighted by Gasteiger charge is 2.22. The molecule has 1 fully saturated rings. The van der Waals surface area contributed by atoms with Crippen molar-refractivity contribution in [1.29, 1.82) is 0 Å². The molecule has 11 heavy (non-hydrogen) atoms. The van der Waals surface area contributed by atoms with Gasteiger partial charge in [-0.15, -0.1) is 5.10 Å². The van der Waals surface area contributed by atoms with Crippen LogP contribution in [0.3, 0.4) is 0 Å². The van der Waals surface area contributed by atoms with Gasteiger partial charge in [0.05, 0.1) is 5.69 Å². The zero-order chi connectivity index (χ0) is 7.68. The predicted octanol–water partition coefficient (Wildman–Crippen LogP) is 1.25. The van der Waals surface area contributed by atoms with E-state index in [9.17, 15) is 0 Å². The van der Waals surface area contributed by atoms with Gasteiger partial charge in [0.15, 0.2) is 0 Å². The van der Waals surface area contributed by atoms with E-state index in [0.717, 1.165) is 24.6 Å². The fraction of sp³-hybridized carbons (Fsp3) is 0.750. The van der Waals surface area contributed by atoms with Crippen molar-refractivity contribution in [3.05, 3.63) is 11.9 Å². The minimum atomic E-state index is 0.914. The third-order valence-electron chi connectivity index (χ3n) is 2.10. The molecule has 1 aromatic rings. The van der Waals surface area contributed by atoms with Crippen molar-refractivity contribution in [2.24, 2.45) is 5.92 Å². The van der Waals surface area contributed by atoms with Crippen molar-refractivity contribution in [1.82, 2.24) is 15.0 Å². The molecule has 0 saturated heterocycles. The van der Waals surface area contributed by atoms with Crippen molar-refractivity contribution in [2.45, 2.75) is 32.7 Å². The lowest BCUT2D eigenvalue weighted by molar-refractivity contribution is 0.626. The number of aryl methyl sites for hydroxylation is 1. The molecule has 0 aromatic carbocycles. The molecule has 1 aliphatic rings. The molecule has 0 unspecified atom stereocenters. The molecule has 0 aliphatic heterocycles. The number of aromatic nitrogens is 3. The topological polar surface area (TPSA) is 30.7 Å². The molecule has 1 saturated carbocycles. The predicted molar refractivity (Wildman–Crippen MR) is 42.1 cm³/mol. The molecule has 1 aromatic heterocycles. The Hall–Kier alpha value is -0.860. The van der Waals surface area contributed by atoms with Gasteiger partial charge in [-0.3, -0.25) is 4.68 Å². The van der Waals surface area contributed by atoms with E-state index in [4.69, 9.17) is 0 Å². The maximum Gasteiger partial charge on any atom is 0.0829 e. The highest BCUT2D eigenvalue weighted by atomic mass is 15.4. The largest absolute Gasteiger partial charge is 0.253 e. The first-order valence-electron chi connectivity index (χ1n) is 4.27. The van der Waals surface area contributed by atoms with Crippen LogP contribution in [0.25, 0.3) is 0 Å². The molecule has 0 radical (unpaired) electrons. The molecular formula is C8H13N3. The van der Waals surface area contributed by atoms with Crippen LogP contribution in [0.1, 0.15) is 25.5 Å². The van der Waals surface area contributed by atoms with Crippen LogP contribution in [0.2, 0.25) is 0 Å². The van der Waals surface area contributed by atoms with Gasteiger partial charge in [0, 0.05) is 12.7 Å². The third kappa shape index (κ3) is 1.59. The first kappa shape index (κ1) is 6.83. The minimum absolute atomic E-state index is 0.914. The number of hydrogen-bond acceptors (Lipinski definition) is 2. The maximum atomic E-state index is 4.08. The van der Waals surface area contributed by atoms with Crippen LogP contribution in [0, 0.1) is 5.92 Å². The fourth-order valence-electron chi connectivity index (χ4n) is 1.20. The summed E-state index contributed by atoms with van der Waals surface area (Å²) in [4.78, 5) is 0. The van der Waals surface area contributed by atoms with E-state index in [1.807, 2.05) is 4.68 Å². The van der Waals surface area contributed by atoms with E-state index in [0.29, 0.717) is 0 Å². The molecule has 0 bridgehead atoms. The quantitative estimate of drug-likeness (QED) is 0.651. The van der Waals surface area contributed by atoms with Gasteiger partial charge in [-0.1, -0.05) is 5.21 Å². The lowest BCUT2D eigenvalue weighted by Gasteiger charge is -1.89. The number of nitrogens with zero attached hydrogens (tertiary/aromatic N) is 3. The SMILES string of the molecule is CCn1cc(CC2CC2)nn1. The average Bonchev–Trinajstić information content (AvgIpc) is 2.68. The van der Waals surface area contributed by atoms with Gasteiger partial charge < -0.3 is 0 Å². The van der Waals surface area contributed by atoms with E-state index in [1.165, 1.54) is 12.8 Å². The van der Waals surface area contributed by atoms with Crippen LogP contribution >= 0.6 is 0 Å². The Morgan fingerprint density at radius 1 is 1.64 bits per heavy atom. The molecule has 0 atom stereocenters. The second kappa shape index (κ2) is 2.64. The highest BCUT2D eigenvalue weighted by Crippen LogP contribution is 2.31. The van der Waals surface area contributed by atoms with Crippen LogP contribution in [0.4, 0.5) is 0 Å². The second-order valence-electron chi connectivity index (χ2n) is 3.21. The van der Waals surface area contributed by atoms with Crippen molar-refractivity contribution >= 4 is 0 Å². The zero-order valence-corrected chi connectivity index (χ0v) is 6.82. The summed E-state index contributed by atoms with van der Waals surface area (Å²) in [6, 6.07) is 0. The van der Waals surface area contributed by atoms with Gasteiger partial charge in [-0.05, 0) is 32.1 Å². The van der Waals surface area contributed by atoms with Gasteiger partial charge in [0.2, 0.25) is 0 Å². The standard InChI is InChI=1S/C8H13N3/c1-2-11-6-8(9-10-11)5-7-3-4-7/h6-7H,2-5H2,1H3. The van der Waals surface area contributed by atoms with Crippen LogP contribution in [0.5, 0.6) is 0 Å². The first-order chi connectivity index (χ1) is 5.38. The van der Waals surface area contributed by atoms with Crippen molar-refractivity contribution in [3.8, 4) is 0 Å². The second-order valence-corrected chi connectivity index (χ2v) is 3.21. The summed E-state index contributed by atoms with van der Waals surface area (Å²) >= 11 is 0. The van der Waals surface area contributed by atoms with Gasteiger partial charge in [0.1, 0.15) is 0 Å². The highest BCUT2D eigenvalue weighted by molar-refractivity contribution is 4.97. The van der Waals surface area contributed by atoms with Gasteiger partial charge in [0.25, 0.3) is 0 Å². The zero-order valence-electron chi connectivity index (χ0n) is 6.82. The Labute approximate surface area is 66.4 Å². The summed E-state index contributed by atoms with van der Waals surface area (Å²) in [5.41, 5.74) is 1.16. The van der Waals surface area contributed by atoms with Crippen molar-refractivity contribution < 1.29 is 0 Å². The summed E-state index contributed by atoms with van der Waals surface area (Å²) in [5, 5.41) is 8.06. The molecule has 2 rings (SSSR count). The first-order valence-corrected chi connectivity index (χ1v) is 4.27. The molecule has 3 heteroatoms. The Balaban J connectivity index is 1.99. The number of hydrogen-bond donors (Lipinski definition) is 0. The summed E-state index contributed by atoms with van der Waals surface area (Å²) in [6.07, 6.45) is 5.97. The lowest BCUT2D eigenvalue weighted by atomic mass is 10.2. The van der Waals surface area contributed by atoms with Crippen molar-refractivity contribution in [2.75, 3.05) is 0 Å². The van der Waals surface area contributed by atoms with Crippen LogP contribution in [-0.2, 0) is 13.0 Å². The van der Waals surface area contributed by atoms with E-state index in [-0.39, 0.29) is 0 Å². The monoisotopic (exact) mass is 151 g/mol. The Morgan fingerprint density at radius 2 is 2.45 bits per heavy atom. The van der Waals surface area contributed by atoms with Gasteiger partial charge in [-0.25, -0.2) is 0 Å². The molecule has 1 heterocycles. The lowest BCUT2D eigenvalue weighted by Crippen LogP contribution is -1.93. The molecule has 0 spiro atoms. The van der Waals surface area contributed by atoms with E-state index >= 15 is 0 Å². The van der Waals surface area contributed by atoms with Crippen LogP contribution in [0.15, 0.2) is 6.20 Å². The molecule has 60 valence electrons. The number of rotatable bonds is 3. The van der Waals surface area contributed by atoms with E-state index in [1.54, 1.807) is 0 Å². The Morgan fingerprint density at radius 3 is 3.00 bits per heavy atom. The third-order valence-corrected chi connectivity index (χ3v) is 2.10. The normalized spacial score (nSPS) is 17.2. The molecular weight excluding hydrogens is 138 g/mol. The Bertz CT molecular complexity index is 237. The van der Waals surface area contributed by atoms with Crippen molar-refractivity contribution in [3.63, 3.8) is 0 Å². The van der Waals surface area contributed by atoms with Crippen LogP contribution < -0.4 is 0 Å². The summed E-state index contributed by atoms with van der Waals surface area (Å²) in [5.74, 6) is 0.914.